The number of unbranched alkanes of at least 4 members (excludes halogenated alkanes) is 1. The standard InChI is InChI=1S/C10H21NOS/c1-2-12-7-4-3-6-11-10-5-8-13-9-10/h10-11H,2-9H2,1H3. The predicted molar refractivity (Wildman–Crippen MR) is 59.5 cm³/mol. The normalized spacial score (nSPS) is 22.4. The van der Waals surface area contributed by atoms with Crippen molar-refractivity contribution < 1.29 is 4.74 Å². The van der Waals surface area contributed by atoms with Gasteiger partial charge in [-0.05, 0) is 38.5 Å². The van der Waals surface area contributed by atoms with Gasteiger partial charge in [-0.25, -0.2) is 0 Å². The van der Waals surface area contributed by atoms with Crippen LogP contribution in [-0.2, 0) is 4.74 Å². The van der Waals surface area contributed by atoms with Crippen LogP contribution in [0.4, 0.5) is 0 Å². The smallest absolute Gasteiger partial charge is 0.0466 e. The van der Waals surface area contributed by atoms with Gasteiger partial charge in [0.05, 0.1) is 0 Å². The van der Waals surface area contributed by atoms with Gasteiger partial charge in [0.25, 0.3) is 0 Å². The average Bonchev–Trinajstić information content (AvgIpc) is 2.63. The van der Waals surface area contributed by atoms with E-state index in [-0.39, 0.29) is 0 Å². The van der Waals surface area contributed by atoms with Crippen molar-refractivity contribution in [3.05, 3.63) is 0 Å². The highest BCUT2D eigenvalue weighted by Gasteiger charge is 2.13. The average molecular weight is 203 g/mol. The van der Waals surface area contributed by atoms with Gasteiger partial charge in [-0.2, -0.15) is 11.8 Å². The number of thioether (sulfide) groups is 1. The summed E-state index contributed by atoms with van der Waals surface area (Å²) in [7, 11) is 0. The highest BCUT2D eigenvalue weighted by Crippen LogP contribution is 2.16. The van der Waals surface area contributed by atoms with E-state index in [0.717, 1.165) is 25.8 Å². The fourth-order valence-electron chi connectivity index (χ4n) is 1.48. The molecule has 0 spiro atoms. The minimum Gasteiger partial charge on any atom is -0.382 e. The second-order valence-electron chi connectivity index (χ2n) is 3.42. The van der Waals surface area contributed by atoms with Gasteiger partial charge >= 0.3 is 0 Å². The number of hydrogen-bond donors (Lipinski definition) is 1. The summed E-state index contributed by atoms with van der Waals surface area (Å²) in [5, 5.41) is 3.58. The van der Waals surface area contributed by atoms with E-state index < -0.39 is 0 Å². The molecule has 13 heavy (non-hydrogen) atoms. The van der Waals surface area contributed by atoms with Crippen LogP contribution in [0.3, 0.4) is 0 Å². The molecule has 78 valence electrons. The van der Waals surface area contributed by atoms with E-state index in [4.69, 9.17) is 4.74 Å². The van der Waals surface area contributed by atoms with Gasteiger partial charge in [0, 0.05) is 25.0 Å². The molecule has 1 aliphatic rings. The van der Waals surface area contributed by atoms with Crippen LogP contribution in [0.5, 0.6) is 0 Å². The van der Waals surface area contributed by atoms with Crippen LogP contribution in [-0.4, -0.2) is 37.3 Å². The lowest BCUT2D eigenvalue weighted by molar-refractivity contribution is 0.143. The lowest BCUT2D eigenvalue weighted by atomic mass is 10.2. The zero-order chi connectivity index (χ0) is 9.36. The maximum absolute atomic E-state index is 5.27. The summed E-state index contributed by atoms with van der Waals surface area (Å²) in [5.74, 6) is 2.65. The number of rotatable bonds is 7. The molecule has 0 aromatic heterocycles. The SMILES string of the molecule is CCOCCCCNC1CCSC1. The monoisotopic (exact) mass is 203 g/mol. The van der Waals surface area contributed by atoms with Crippen molar-refractivity contribution in [2.45, 2.75) is 32.2 Å². The third kappa shape index (κ3) is 5.55. The largest absolute Gasteiger partial charge is 0.382 e. The molecule has 1 aliphatic heterocycles. The molecule has 0 amide bonds. The summed E-state index contributed by atoms with van der Waals surface area (Å²) >= 11 is 2.07. The molecule has 0 radical (unpaired) electrons. The van der Waals surface area contributed by atoms with Gasteiger partial charge < -0.3 is 10.1 Å². The summed E-state index contributed by atoms with van der Waals surface area (Å²) in [4.78, 5) is 0. The maximum Gasteiger partial charge on any atom is 0.0466 e. The molecule has 2 nitrogen and oxygen atoms in total. The van der Waals surface area contributed by atoms with Gasteiger partial charge in [-0.3, -0.25) is 0 Å². The second kappa shape index (κ2) is 7.65. The van der Waals surface area contributed by atoms with Crippen LogP contribution in [0.1, 0.15) is 26.2 Å². The van der Waals surface area contributed by atoms with E-state index in [0.29, 0.717) is 0 Å². The first-order valence-electron chi connectivity index (χ1n) is 5.32. The topological polar surface area (TPSA) is 21.3 Å². The zero-order valence-electron chi connectivity index (χ0n) is 8.55. The summed E-state index contributed by atoms with van der Waals surface area (Å²) in [6.07, 6.45) is 3.80. The van der Waals surface area contributed by atoms with Crippen molar-refractivity contribution in [2.24, 2.45) is 0 Å². The Hall–Kier alpha value is 0.270. The van der Waals surface area contributed by atoms with E-state index in [1.807, 2.05) is 6.92 Å². The molecule has 1 unspecified atom stereocenters. The van der Waals surface area contributed by atoms with Crippen LogP contribution in [0.2, 0.25) is 0 Å². The number of ether oxygens (including phenoxy) is 1. The predicted octanol–water partition coefficient (Wildman–Crippen LogP) is 1.90. The van der Waals surface area contributed by atoms with Crippen LogP contribution in [0.15, 0.2) is 0 Å². The molecule has 1 fully saturated rings. The summed E-state index contributed by atoms with van der Waals surface area (Å²) in [6, 6.07) is 0.789. The van der Waals surface area contributed by atoms with Gasteiger partial charge in [0.1, 0.15) is 0 Å². The van der Waals surface area contributed by atoms with Gasteiger partial charge in [-0.15, -0.1) is 0 Å². The molecule has 3 heteroatoms. The van der Waals surface area contributed by atoms with Gasteiger partial charge in [0.15, 0.2) is 0 Å². The molecule has 1 heterocycles. The Morgan fingerprint density at radius 3 is 3.08 bits per heavy atom. The fourth-order valence-corrected chi connectivity index (χ4v) is 2.66. The molecule has 0 aromatic rings. The fraction of sp³-hybridized carbons (Fsp3) is 1.00. The summed E-state index contributed by atoms with van der Waals surface area (Å²) < 4.78 is 5.27. The molecule has 1 N–H and O–H groups in total. The van der Waals surface area contributed by atoms with Gasteiger partial charge in [0.2, 0.25) is 0 Å². The first-order chi connectivity index (χ1) is 6.43. The highest BCUT2D eigenvalue weighted by atomic mass is 32.2. The molecular formula is C10H21NOS. The molecule has 0 aliphatic carbocycles. The molecule has 0 aromatic carbocycles. The number of hydrogen-bond acceptors (Lipinski definition) is 3. The molecule has 1 saturated heterocycles. The molecule has 1 atom stereocenters. The Bertz CT molecular complexity index is 115. The molecule has 1 rings (SSSR count). The molecule has 0 saturated carbocycles. The van der Waals surface area contributed by atoms with Crippen LogP contribution >= 0.6 is 11.8 Å². The Morgan fingerprint density at radius 2 is 2.38 bits per heavy atom. The van der Waals surface area contributed by atoms with Crippen molar-refractivity contribution in [1.29, 1.82) is 0 Å². The quantitative estimate of drug-likeness (QED) is 0.639. The Labute approximate surface area is 85.8 Å². The lowest BCUT2D eigenvalue weighted by Crippen LogP contribution is -2.29. The van der Waals surface area contributed by atoms with Gasteiger partial charge in [-0.1, -0.05) is 0 Å². The van der Waals surface area contributed by atoms with E-state index in [2.05, 4.69) is 17.1 Å². The van der Waals surface area contributed by atoms with Crippen molar-refractivity contribution >= 4 is 11.8 Å². The van der Waals surface area contributed by atoms with Crippen molar-refractivity contribution in [2.75, 3.05) is 31.3 Å². The second-order valence-corrected chi connectivity index (χ2v) is 4.57. The van der Waals surface area contributed by atoms with Crippen LogP contribution in [0.25, 0.3) is 0 Å². The zero-order valence-corrected chi connectivity index (χ0v) is 9.37. The molecular weight excluding hydrogens is 182 g/mol. The van der Waals surface area contributed by atoms with Crippen molar-refractivity contribution in [1.82, 2.24) is 5.32 Å². The van der Waals surface area contributed by atoms with Crippen LogP contribution in [0, 0.1) is 0 Å². The highest BCUT2D eigenvalue weighted by molar-refractivity contribution is 7.99. The van der Waals surface area contributed by atoms with E-state index in [1.165, 1.54) is 30.8 Å². The first-order valence-corrected chi connectivity index (χ1v) is 6.48. The minimum absolute atomic E-state index is 0.789. The Kier molecular flexibility index (Phi) is 6.68. The lowest BCUT2D eigenvalue weighted by Gasteiger charge is -2.10. The Morgan fingerprint density at radius 1 is 1.46 bits per heavy atom. The Balaban J connectivity index is 1.78. The van der Waals surface area contributed by atoms with E-state index >= 15 is 0 Å². The summed E-state index contributed by atoms with van der Waals surface area (Å²) in [5.41, 5.74) is 0. The molecule has 0 bridgehead atoms. The third-order valence-electron chi connectivity index (χ3n) is 2.28. The maximum atomic E-state index is 5.27. The van der Waals surface area contributed by atoms with E-state index in [9.17, 15) is 0 Å². The minimum atomic E-state index is 0.789. The first kappa shape index (κ1) is 11.3. The van der Waals surface area contributed by atoms with Crippen molar-refractivity contribution in [3.8, 4) is 0 Å². The van der Waals surface area contributed by atoms with Crippen LogP contribution < -0.4 is 5.32 Å². The number of nitrogens with one attached hydrogen (secondary N) is 1. The summed E-state index contributed by atoms with van der Waals surface area (Å²) in [6.45, 7) is 5.00. The third-order valence-corrected chi connectivity index (χ3v) is 3.44. The van der Waals surface area contributed by atoms with E-state index in [1.54, 1.807) is 0 Å². The van der Waals surface area contributed by atoms with Crippen molar-refractivity contribution in [3.63, 3.8) is 0 Å².